The van der Waals surface area contributed by atoms with Crippen LogP contribution in [0.1, 0.15) is 34.7 Å². The summed E-state index contributed by atoms with van der Waals surface area (Å²) in [5, 5.41) is 10.2. The average Bonchev–Trinajstić information content (AvgIpc) is 3.25. The summed E-state index contributed by atoms with van der Waals surface area (Å²) in [7, 11) is 4.72. The Morgan fingerprint density at radius 1 is 0.947 bits per heavy atom. The number of hydrogen-bond acceptors (Lipinski definition) is 7. The molecule has 6 rings (SSSR count). The van der Waals surface area contributed by atoms with Gasteiger partial charge in [-0.05, 0) is 65.4 Å². The first-order valence-corrected chi connectivity index (χ1v) is 13.1. The van der Waals surface area contributed by atoms with E-state index in [2.05, 4.69) is 18.2 Å². The first kappa shape index (κ1) is 24.1. The van der Waals surface area contributed by atoms with Gasteiger partial charge in [-0.1, -0.05) is 47.7 Å². The zero-order chi connectivity index (χ0) is 26.4. The Morgan fingerprint density at radius 2 is 1.71 bits per heavy atom. The number of allylic oxidation sites excluding steroid dienone is 1. The van der Waals surface area contributed by atoms with Crippen molar-refractivity contribution in [3.05, 3.63) is 108 Å². The van der Waals surface area contributed by atoms with E-state index in [1.54, 1.807) is 37.0 Å². The van der Waals surface area contributed by atoms with Crippen molar-refractivity contribution in [1.29, 1.82) is 0 Å². The summed E-state index contributed by atoms with van der Waals surface area (Å²) < 4.78 is 18.5. The van der Waals surface area contributed by atoms with Gasteiger partial charge in [-0.25, -0.2) is 4.99 Å². The minimum Gasteiger partial charge on any atom is -0.504 e. The standard InChI is InChI=1S/C30H26N2O5S/c1-35-23-12-8-17(14-22(23)33)15-26-29(34)32-28(19-10-13-24(36-2)25(16-19)37-3)21-11-9-18-6-4-5-7-20(18)27(21)31-30(32)38-26/h4-8,10,12-16,28,33H,9,11H2,1-3H3/b26-15+/t28-/m1/s1. The van der Waals surface area contributed by atoms with Crippen LogP contribution < -0.4 is 29.1 Å². The van der Waals surface area contributed by atoms with Crippen LogP contribution in [0.3, 0.4) is 0 Å². The molecular formula is C30H26N2O5S. The number of methoxy groups -OCH3 is 3. The fraction of sp³-hybridized carbons (Fsp3) is 0.200. The van der Waals surface area contributed by atoms with Crippen molar-refractivity contribution in [1.82, 2.24) is 4.57 Å². The van der Waals surface area contributed by atoms with Gasteiger partial charge in [-0.15, -0.1) is 0 Å². The number of aryl methyl sites for hydroxylation is 1. The van der Waals surface area contributed by atoms with Crippen LogP contribution in [0.5, 0.6) is 23.0 Å². The van der Waals surface area contributed by atoms with E-state index in [-0.39, 0.29) is 17.4 Å². The van der Waals surface area contributed by atoms with E-state index >= 15 is 0 Å². The summed E-state index contributed by atoms with van der Waals surface area (Å²) in [6.45, 7) is 0. The van der Waals surface area contributed by atoms with E-state index < -0.39 is 0 Å². The molecule has 1 aliphatic heterocycles. The molecule has 1 N–H and O–H groups in total. The Kier molecular flexibility index (Phi) is 6.04. The third-order valence-electron chi connectivity index (χ3n) is 7.10. The molecule has 0 saturated carbocycles. The van der Waals surface area contributed by atoms with Gasteiger partial charge in [0.05, 0.1) is 37.6 Å². The number of nitrogens with zero attached hydrogens (tertiary/aromatic N) is 2. The van der Waals surface area contributed by atoms with Crippen LogP contribution in [0, 0.1) is 0 Å². The SMILES string of the molecule is COc1ccc(/C=c2/sc3n(c2=O)[C@H](c2ccc(OC)c(OC)c2)C2=C(N=3)c3ccccc3CC2)cc1O. The zero-order valence-corrected chi connectivity index (χ0v) is 22.0. The normalized spacial score (nSPS) is 16.3. The predicted octanol–water partition coefficient (Wildman–Crippen LogP) is 4.05. The van der Waals surface area contributed by atoms with Crippen molar-refractivity contribution in [3.63, 3.8) is 0 Å². The molecule has 192 valence electrons. The van der Waals surface area contributed by atoms with Crippen LogP contribution in [-0.4, -0.2) is 31.0 Å². The highest BCUT2D eigenvalue weighted by Gasteiger charge is 2.33. The van der Waals surface area contributed by atoms with E-state index in [1.807, 2.05) is 30.3 Å². The first-order chi connectivity index (χ1) is 18.5. The van der Waals surface area contributed by atoms with Gasteiger partial charge >= 0.3 is 0 Å². The summed E-state index contributed by atoms with van der Waals surface area (Å²) in [5.74, 6) is 1.63. The maximum atomic E-state index is 13.9. The molecule has 4 aromatic rings. The van der Waals surface area contributed by atoms with Crippen LogP contribution >= 0.6 is 11.3 Å². The molecule has 0 spiro atoms. The fourth-order valence-electron chi connectivity index (χ4n) is 5.29. The Balaban J connectivity index is 1.60. The van der Waals surface area contributed by atoms with Crippen LogP contribution in [0.2, 0.25) is 0 Å². The second-order valence-electron chi connectivity index (χ2n) is 9.16. The van der Waals surface area contributed by atoms with Crippen LogP contribution in [0.25, 0.3) is 11.8 Å². The molecule has 0 fully saturated rings. The highest BCUT2D eigenvalue weighted by molar-refractivity contribution is 7.07. The highest BCUT2D eigenvalue weighted by atomic mass is 32.1. The molecule has 7 nitrogen and oxygen atoms in total. The summed E-state index contributed by atoms with van der Waals surface area (Å²) in [6.07, 6.45) is 3.46. The summed E-state index contributed by atoms with van der Waals surface area (Å²) >= 11 is 1.34. The number of phenolic OH excluding ortho intramolecular Hbond substituents is 1. The summed E-state index contributed by atoms with van der Waals surface area (Å²) in [6, 6.07) is 18.9. The molecule has 38 heavy (non-hydrogen) atoms. The number of thiazole rings is 1. The topological polar surface area (TPSA) is 82.3 Å². The number of aromatic hydroxyl groups is 1. The van der Waals surface area contributed by atoms with E-state index in [4.69, 9.17) is 19.2 Å². The minimum absolute atomic E-state index is 0.0179. The molecule has 1 aromatic heterocycles. The summed E-state index contributed by atoms with van der Waals surface area (Å²) in [4.78, 5) is 19.6. The zero-order valence-electron chi connectivity index (χ0n) is 21.2. The predicted molar refractivity (Wildman–Crippen MR) is 147 cm³/mol. The lowest BCUT2D eigenvalue weighted by Crippen LogP contribution is -2.38. The molecule has 3 aromatic carbocycles. The smallest absolute Gasteiger partial charge is 0.271 e. The Hall–Kier alpha value is -4.30. The van der Waals surface area contributed by atoms with Gasteiger partial charge in [0, 0.05) is 5.56 Å². The number of fused-ring (bicyclic) bond motifs is 3. The Labute approximate surface area is 223 Å². The lowest BCUT2D eigenvalue weighted by molar-refractivity contribution is 0.354. The van der Waals surface area contributed by atoms with Gasteiger partial charge in [0.2, 0.25) is 0 Å². The van der Waals surface area contributed by atoms with Gasteiger partial charge in [0.1, 0.15) is 0 Å². The molecule has 1 atom stereocenters. The second-order valence-corrected chi connectivity index (χ2v) is 10.2. The molecule has 0 amide bonds. The van der Waals surface area contributed by atoms with Gasteiger partial charge in [0.25, 0.3) is 5.56 Å². The Morgan fingerprint density at radius 3 is 2.47 bits per heavy atom. The number of hydrogen-bond donors (Lipinski definition) is 1. The molecule has 2 aliphatic rings. The highest BCUT2D eigenvalue weighted by Crippen LogP contribution is 2.42. The van der Waals surface area contributed by atoms with Gasteiger partial charge in [-0.3, -0.25) is 9.36 Å². The molecule has 0 bridgehead atoms. The van der Waals surface area contributed by atoms with Crippen molar-refractivity contribution in [2.45, 2.75) is 18.9 Å². The van der Waals surface area contributed by atoms with E-state index in [9.17, 15) is 9.90 Å². The average molecular weight is 527 g/mol. The van der Waals surface area contributed by atoms with Gasteiger partial charge in [-0.2, -0.15) is 0 Å². The number of ether oxygens (including phenoxy) is 3. The van der Waals surface area contributed by atoms with Crippen molar-refractivity contribution in [2.24, 2.45) is 4.99 Å². The third kappa shape index (κ3) is 3.88. The number of aromatic nitrogens is 1. The molecule has 0 saturated heterocycles. The second kappa shape index (κ2) is 9.54. The van der Waals surface area contributed by atoms with Crippen molar-refractivity contribution in [3.8, 4) is 23.0 Å². The summed E-state index contributed by atoms with van der Waals surface area (Å²) in [5.41, 5.74) is 5.91. The van der Waals surface area contributed by atoms with Gasteiger partial charge < -0.3 is 19.3 Å². The molecule has 0 unspecified atom stereocenters. The fourth-order valence-corrected chi connectivity index (χ4v) is 6.29. The van der Waals surface area contributed by atoms with Crippen molar-refractivity contribution < 1.29 is 19.3 Å². The number of phenols is 1. The molecule has 1 aliphatic carbocycles. The largest absolute Gasteiger partial charge is 0.504 e. The van der Waals surface area contributed by atoms with Crippen LogP contribution in [0.4, 0.5) is 0 Å². The molecular weight excluding hydrogens is 500 g/mol. The third-order valence-corrected chi connectivity index (χ3v) is 8.08. The first-order valence-electron chi connectivity index (χ1n) is 12.2. The molecule has 0 radical (unpaired) electrons. The number of rotatable bonds is 5. The quantitative estimate of drug-likeness (QED) is 0.424. The lowest BCUT2D eigenvalue weighted by atomic mass is 9.83. The number of benzene rings is 3. The maximum absolute atomic E-state index is 13.9. The Bertz CT molecular complexity index is 1780. The van der Waals surface area contributed by atoms with E-state index in [1.165, 1.54) is 24.0 Å². The van der Waals surface area contributed by atoms with Crippen LogP contribution in [-0.2, 0) is 6.42 Å². The maximum Gasteiger partial charge on any atom is 0.271 e. The van der Waals surface area contributed by atoms with Crippen molar-refractivity contribution in [2.75, 3.05) is 21.3 Å². The molecule has 2 heterocycles. The minimum atomic E-state index is -0.333. The van der Waals surface area contributed by atoms with E-state index in [0.29, 0.717) is 32.1 Å². The monoisotopic (exact) mass is 526 g/mol. The molecule has 8 heteroatoms. The van der Waals surface area contributed by atoms with Gasteiger partial charge in [0.15, 0.2) is 27.8 Å². The van der Waals surface area contributed by atoms with E-state index in [0.717, 1.165) is 35.2 Å². The van der Waals surface area contributed by atoms with Crippen LogP contribution in [0.15, 0.2) is 76.0 Å². The lowest BCUT2D eigenvalue weighted by Gasteiger charge is -2.31. The van der Waals surface area contributed by atoms with Crippen molar-refractivity contribution >= 4 is 23.1 Å².